The molecule has 0 saturated heterocycles. The van der Waals surface area contributed by atoms with Crippen molar-refractivity contribution < 1.29 is 0 Å². The van der Waals surface area contributed by atoms with Crippen molar-refractivity contribution in [1.82, 2.24) is 0 Å². The van der Waals surface area contributed by atoms with E-state index in [2.05, 4.69) is 42.0 Å². The molecule has 2 aromatic rings. The number of amidine groups is 1. The van der Waals surface area contributed by atoms with Crippen LogP contribution in [0.1, 0.15) is 18.1 Å². The lowest BCUT2D eigenvalue weighted by Crippen LogP contribution is -1.91. The van der Waals surface area contributed by atoms with Gasteiger partial charge in [-0.3, -0.25) is 10.4 Å². The Balaban J connectivity index is 0.000000428. The molecule has 0 aliphatic rings. The number of rotatable bonds is 5. The van der Waals surface area contributed by atoms with Gasteiger partial charge >= 0.3 is 0 Å². The normalized spacial score (nSPS) is 9.42. The minimum atomic E-state index is 0.223. The van der Waals surface area contributed by atoms with Crippen LogP contribution in [0.4, 0.5) is 0 Å². The average molecular weight is 345 g/mol. The zero-order chi connectivity index (χ0) is 19.5. The van der Waals surface area contributed by atoms with Crippen molar-refractivity contribution in [3.8, 4) is 0 Å². The molecule has 1 N–H and O–H groups in total. The summed E-state index contributed by atoms with van der Waals surface area (Å²) in [7, 11) is 0. The molecular weight excluding hydrogens is 318 g/mol. The SMILES string of the molecule is C=C/C=C/C=NCc1ccccc1.C=CC.C=NC(=N)c1ccccc1. The van der Waals surface area contributed by atoms with Crippen molar-refractivity contribution in [1.29, 1.82) is 5.41 Å². The van der Waals surface area contributed by atoms with Crippen molar-refractivity contribution in [2.75, 3.05) is 0 Å². The van der Waals surface area contributed by atoms with E-state index in [1.54, 1.807) is 18.4 Å². The van der Waals surface area contributed by atoms with Crippen molar-refractivity contribution in [2.45, 2.75) is 13.5 Å². The Morgan fingerprint density at radius 2 is 1.50 bits per heavy atom. The zero-order valence-corrected chi connectivity index (χ0v) is 15.4. The van der Waals surface area contributed by atoms with E-state index in [0.717, 1.165) is 12.1 Å². The van der Waals surface area contributed by atoms with Crippen LogP contribution in [0.5, 0.6) is 0 Å². The van der Waals surface area contributed by atoms with Gasteiger partial charge in [-0.05, 0) is 25.3 Å². The summed E-state index contributed by atoms with van der Waals surface area (Å²) in [6.45, 7) is 12.8. The monoisotopic (exact) mass is 345 g/mol. The molecule has 0 heterocycles. The van der Waals surface area contributed by atoms with Crippen LogP contribution in [-0.4, -0.2) is 18.8 Å². The molecule has 0 bridgehead atoms. The zero-order valence-electron chi connectivity index (χ0n) is 15.4. The van der Waals surface area contributed by atoms with Crippen LogP contribution in [-0.2, 0) is 6.54 Å². The Hall–Kier alpha value is -3.33. The molecule has 0 amide bonds. The van der Waals surface area contributed by atoms with Gasteiger partial charge in [0.25, 0.3) is 0 Å². The van der Waals surface area contributed by atoms with E-state index in [1.807, 2.05) is 67.6 Å². The third kappa shape index (κ3) is 12.1. The summed E-state index contributed by atoms with van der Waals surface area (Å²) in [5.74, 6) is 0.223. The molecule has 134 valence electrons. The second kappa shape index (κ2) is 16.5. The van der Waals surface area contributed by atoms with Crippen molar-refractivity contribution >= 4 is 18.8 Å². The molecule has 0 unspecified atom stereocenters. The molecule has 0 aliphatic carbocycles. The van der Waals surface area contributed by atoms with Crippen LogP contribution in [0.25, 0.3) is 0 Å². The van der Waals surface area contributed by atoms with Crippen molar-refractivity contribution in [3.63, 3.8) is 0 Å². The lowest BCUT2D eigenvalue weighted by Gasteiger charge is -1.93. The molecule has 26 heavy (non-hydrogen) atoms. The fourth-order valence-corrected chi connectivity index (χ4v) is 1.62. The summed E-state index contributed by atoms with van der Waals surface area (Å²) in [5.41, 5.74) is 2.03. The minimum Gasteiger partial charge on any atom is -0.288 e. The maximum Gasteiger partial charge on any atom is 0.151 e. The van der Waals surface area contributed by atoms with E-state index in [9.17, 15) is 0 Å². The van der Waals surface area contributed by atoms with E-state index < -0.39 is 0 Å². The van der Waals surface area contributed by atoms with Gasteiger partial charge in [0.1, 0.15) is 0 Å². The first-order valence-corrected chi connectivity index (χ1v) is 8.18. The highest BCUT2D eigenvalue weighted by Gasteiger charge is 1.92. The Labute approximate surface area is 157 Å². The quantitative estimate of drug-likeness (QED) is 0.303. The molecule has 0 radical (unpaired) electrons. The summed E-state index contributed by atoms with van der Waals surface area (Å²) in [6, 6.07) is 19.5. The number of hydrogen-bond acceptors (Lipinski definition) is 2. The molecule has 0 aromatic heterocycles. The Kier molecular flexibility index (Phi) is 14.4. The second-order valence-electron chi connectivity index (χ2n) is 4.88. The third-order valence-electron chi connectivity index (χ3n) is 2.76. The van der Waals surface area contributed by atoms with E-state index >= 15 is 0 Å². The molecule has 0 aliphatic heterocycles. The highest BCUT2D eigenvalue weighted by Crippen LogP contribution is 1.99. The maximum atomic E-state index is 7.25. The highest BCUT2D eigenvalue weighted by molar-refractivity contribution is 5.98. The van der Waals surface area contributed by atoms with E-state index in [0.29, 0.717) is 0 Å². The van der Waals surface area contributed by atoms with Gasteiger partial charge in [-0.25, -0.2) is 4.99 Å². The number of hydrogen-bond donors (Lipinski definition) is 1. The maximum absolute atomic E-state index is 7.25. The summed E-state index contributed by atoms with van der Waals surface area (Å²) < 4.78 is 0. The Bertz CT molecular complexity index is 699. The second-order valence-corrected chi connectivity index (χ2v) is 4.88. The molecule has 0 atom stereocenters. The molecule has 0 saturated carbocycles. The summed E-state index contributed by atoms with van der Waals surface area (Å²) in [5, 5.41) is 7.25. The largest absolute Gasteiger partial charge is 0.288 e. The van der Waals surface area contributed by atoms with Gasteiger partial charge in [0.15, 0.2) is 5.84 Å². The smallest absolute Gasteiger partial charge is 0.151 e. The number of allylic oxidation sites excluding steroid dienone is 4. The first-order valence-electron chi connectivity index (χ1n) is 8.18. The first-order chi connectivity index (χ1) is 12.7. The fraction of sp³-hybridized carbons (Fsp3) is 0.0870. The van der Waals surface area contributed by atoms with Crippen molar-refractivity contribution in [3.05, 3.63) is 109 Å². The summed E-state index contributed by atoms with van der Waals surface area (Å²) >= 11 is 0. The Morgan fingerprint density at radius 1 is 0.962 bits per heavy atom. The van der Waals surface area contributed by atoms with E-state index in [1.165, 1.54) is 5.56 Å². The number of aliphatic imine (C=N–C) groups is 2. The molecule has 0 fully saturated rings. The summed E-state index contributed by atoms with van der Waals surface area (Å²) in [4.78, 5) is 7.71. The van der Waals surface area contributed by atoms with Gasteiger partial charge in [-0.1, -0.05) is 85.5 Å². The van der Waals surface area contributed by atoms with Gasteiger partial charge < -0.3 is 0 Å². The third-order valence-corrected chi connectivity index (χ3v) is 2.76. The predicted octanol–water partition coefficient (Wildman–Crippen LogP) is 5.90. The molecule has 3 heteroatoms. The van der Waals surface area contributed by atoms with Crippen LogP contribution in [0.2, 0.25) is 0 Å². The van der Waals surface area contributed by atoms with Gasteiger partial charge in [0.2, 0.25) is 0 Å². The summed E-state index contributed by atoms with van der Waals surface area (Å²) in [6.07, 6.45) is 8.99. The minimum absolute atomic E-state index is 0.223. The van der Waals surface area contributed by atoms with E-state index in [4.69, 9.17) is 5.41 Å². The number of nitrogens with one attached hydrogen (secondary N) is 1. The molecule has 3 nitrogen and oxygen atoms in total. The van der Waals surface area contributed by atoms with Gasteiger partial charge in [-0.15, -0.1) is 6.58 Å². The van der Waals surface area contributed by atoms with Gasteiger partial charge in [0, 0.05) is 11.8 Å². The predicted molar refractivity (Wildman–Crippen MR) is 117 cm³/mol. The van der Waals surface area contributed by atoms with Gasteiger partial charge in [-0.2, -0.15) is 0 Å². The Morgan fingerprint density at radius 3 is 2.00 bits per heavy atom. The molecule has 0 spiro atoms. The first kappa shape index (κ1) is 22.7. The van der Waals surface area contributed by atoms with Crippen LogP contribution in [0, 0.1) is 5.41 Å². The fourth-order valence-electron chi connectivity index (χ4n) is 1.62. The number of nitrogens with zero attached hydrogens (tertiary/aromatic N) is 2. The van der Waals surface area contributed by atoms with Crippen LogP contribution in [0.3, 0.4) is 0 Å². The molecule has 2 rings (SSSR count). The standard InChI is InChI=1S/C12H13N.C8H8N2.C3H6/c1-2-3-7-10-13-11-12-8-5-4-6-9-12;1-10-8(9)7-5-3-2-4-6-7;1-3-2/h2-10H,1,11H2;2-6,9H,1H2;3H,1H2,2H3/b7-3+,13-10?;;. The van der Waals surface area contributed by atoms with E-state index in [-0.39, 0.29) is 5.84 Å². The number of benzene rings is 2. The average Bonchev–Trinajstić information content (AvgIpc) is 2.70. The van der Waals surface area contributed by atoms with Crippen LogP contribution < -0.4 is 0 Å². The lowest BCUT2D eigenvalue weighted by atomic mass is 10.2. The lowest BCUT2D eigenvalue weighted by molar-refractivity contribution is 1.08. The van der Waals surface area contributed by atoms with Crippen LogP contribution >= 0.6 is 0 Å². The van der Waals surface area contributed by atoms with Gasteiger partial charge in [0.05, 0.1) is 6.54 Å². The van der Waals surface area contributed by atoms with Crippen LogP contribution in [0.15, 0.2) is 108 Å². The highest BCUT2D eigenvalue weighted by atomic mass is 14.8. The molecular formula is C23H27N3. The van der Waals surface area contributed by atoms with Crippen molar-refractivity contribution in [2.24, 2.45) is 9.98 Å². The topological polar surface area (TPSA) is 48.6 Å². The molecule has 2 aromatic carbocycles.